The number of fused-ring (bicyclic) bond motifs is 13. The smallest absolute Gasteiger partial charge is 0.0640 e. The Hall–Kier alpha value is -5.42. The lowest BCUT2D eigenvalue weighted by Crippen LogP contribution is -1.97. The van der Waals surface area contributed by atoms with Crippen LogP contribution >= 0.6 is 22.7 Å². The van der Waals surface area contributed by atoms with E-state index >= 15 is 0 Å². The molecule has 7 aromatic carbocycles. The molecular weight excluding hydrogens is 597 g/mol. The van der Waals surface area contributed by atoms with Crippen molar-refractivity contribution in [3.8, 4) is 11.4 Å². The molecule has 0 aliphatic rings. The number of nitrogens with zero attached hydrogens (tertiary/aromatic N) is 2. The van der Waals surface area contributed by atoms with Crippen LogP contribution in [0.5, 0.6) is 0 Å². The van der Waals surface area contributed by atoms with E-state index in [0.717, 1.165) is 0 Å². The zero-order chi connectivity index (χ0) is 29.9. The Balaban J connectivity index is 1.32. The molecule has 0 bridgehead atoms. The molecule has 0 amide bonds. The minimum absolute atomic E-state index is 1.17. The molecule has 0 atom stereocenters. The second kappa shape index (κ2) is 9.07. The molecule has 0 saturated heterocycles. The van der Waals surface area contributed by atoms with E-state index in [1.807, 2.05) is 22.7 Å². The maximum Gasteiger partial charge on any atom is 0.0640 e. The average molecular weight is 621 g/mol. The van der Waals surface area contributed by atoms with Crippen LogP contribution in [0.2, 0.25) is 0 Å². The van der Waals surface area contributed by atoms with Crippen LogP contribution in [-0.2, 0) is 0 Å². The van der Waals surface area contributed by atoms with Gasteiger partial charge in [0.15, 0.2) is 0 Å². The highest BCUT2D eigenvalue weighted by Gasteiger charge is 2.21. The first kappa shape index (κ1) is 24.8. The fraction of sp³-hybridized carbons (Fsp3) is 0. The first-order chi connectivity index (χ1) is 22.8. The van der Waals surface area contributed by atoms with E-state index < -0.39 is 0 Å². The summed E-state index contributed by atoms with van der Waals surface area (Å²) < 4.78 is 10.3. The second-order valence-electron chi connectivity index (χ2n) is 12.1. The summed E-state index contributed by atoms with van der Waals surface area (Å²) in [5.74, 6) is 0. The van der Waals surface area contributed by atoms with Gasteiger partial charge in [-0.05, 0) is 48.5 Å². The lowest BCUT2D eigenvalue weighted by atomic mass is 10.1. The summed E-state index contributed by atoms with van der Waals surface area (Å²) in [4.78, 5) is 0. The quantitative estimate of drug-likeness (QED) is 0.182. The van der Waals surface area contributed by atoms with Gasteiger partial charge in [-0.15, -0.1) is 22.7 Å². The van der Waals surface area contributed by atoms with Crippen LogP contribution in [0, 0.1) is 0 Å². The van der Waals surface area contributed by atoms with Gasteiger partial charge < -0.3 is 9.13 Å². The molecule has 11 rings (SSSR count). The summed E-state index contributed by atoms with van der Waals surface area (Å²) in [6.07, 6.45) is 0. The predicted octanol–water partition coefficient (Wildman–Crippen LogP) is 12.6. The molecular formula is C42H24N2S2. The molecule has 46 heavy (non-hydrogen) atoms. The van der Waals surface area contributed by atoms with E-state index in [2.05, 4.69) is 155 Å². The molecule has 0 radical (unpaired) electrons. The minimum Gasteiger partial charge on any atom is -0.309 e. The van der Waals surface area contributed by atoms with Crippen LogP contribution in [0.25, 0.3) is 95.3 Å². The van der Waals surface area contributed by atoms with Gasteiger partial charge in [-0.2, -0.15) is 0 Å². The maximum atomic E-state index is 2.53. The summed E-state index contributed by atoms with van der Waals surface area (Å²) in [6, 6.07) is 53.8. The summed E-state index contributed by atoms with van der Waals surface area (Å²) in [7, 11) is 0. The number of benzene rings is 7. The Labute approximate surface area is 271 Å². The van der Waals surface area contributed by atoms with Crippen LogP contribution in [0.4, 0.5) is 0 Å². The van der Waals surface area contributed by atoms with Gasteiger partial charge in [0, 0.05) is 62.9 Å². The maximum absolute atomic E-state index is 2.53. The lowest BCUT2D eigenvalue weighted by Gasteiger charge is -2.12. The number of thiophene rings is 2. The number of para-hydroxylation sites is 2. The van der Waals surface area contributed by atoms with Gasteiger partial charge in [-0.3, -0.25) is 0 Å². The van der Waals surface area contributed by atoms with Crippen LogP contribution < -0.4 is 0 Å². The minimum atomic E-state index is 1.17. The van der Waals surface area contributed by atoms with Crippen molar-refractivity contribution < 1.29 is 0 Å². The van der Waals surface area contributed by atoms with E-state index in [0.29, 0.717) is 0 Å². The van der Waals surface area contributed by atoms with Crippen LogP contribution in [0.15, 0.2) is 146 Å². The van der Waals surface area contributed by atoms with Crippen LogP contribution in [0.1, 0.15) is 0 Å². The van der Waals surface area contributed by atoms with Crippen molar-refractivity contribution in [2.75, 3.05) is 0 Å². The number of hydrogen-bond donors (Lipinski definition) is 0. The van der Waals surface area contributed by atoms with E-state index in [1.165, 1.54) is 95.3 Å². The predicted molar refractivity (Wildman–Crippen MR) is 201 cm³/mol. The van der Waals surface area contributed by atoms with Crippen molar-refractivity contribution in [1.82, 2.24) is 9.13 Å². The summed E-state index contributed by atoms with van der Waals surface area (Å²) in [6.45, 7) is 0. The Morgan fingerprint density at radius 1 is 0.348 bits per heavy atom. The third-order valence-corrected chi connectivity index (χ3v) is 12.1. The van der Waals surface area contributed by atoms with Crippen LogP contribution in [0.3, 0.4) is 0 Å². The molecule has 0 aliphatic carbocycles. The zero-order valence-electron chi connectivity index (χ0n) is 24.6. The van der Waals surface area contributed by atoms with Gasteiger partial charge in [0.25, 0.3) is 0 Å². The lowest BCUT2D eigenvalue weighted by molar-refractivity contribution is 1.16. The van der Waals surface area contributed by atoms with Gasteiger partial charge in [0.05, 0.1) is 32.5 Å². The third kappa shape index (κ3) is 3.20. The van der Waals surface area contributed by atoms with Gasteiger partial charge in [0.2, 0.25) is 0 Å². The van der Waals surface area contributed by atoms with E-state index in [4.69, 9.17) is 0 Å². The third-order valence-electron chi connectivity index (χ3n) is 9.72. The molecule has 0 spiro atoms. The van der Waals surface area contributed by atoms with Crippen molar-refractivity contribution in [1.29, 1.82) is 0 Å². The molecule has 0 aliphatic heterocycles. The van der Waals surface area contributed by atoms with Gasteiger partial charge in [0.1, 0.15) is 0 Å². The van der Waals surface area contributed by atoms with Crippen molar-refractivity contribution >= 4 is 107 Å². The van der Waals surface area contributed by atoms with Gasteiger partial charge in [-0.25, -0.2) is 0 Å². The Bertz CT molecular complexity index is 2990. The highest BCUT2D eigenvalue weighted by molar-refractivity contribution is 7.27. The molecule has 214 valence electrons. The molecule has 2 nitrogen and oxygen atoms in total. The Morgan fingerprint density at radius 3 is 1.63 bits per heavy atom. The van der Waals surface area contributed by atoms with E-state index in [1.54, 1.807) is 0 Å². The first-order valence-corrected chi connectivity index (χ1v) is 17.2. The molecule has 4 heteroatoms. The Kier molecular flexibility index (Phi) is 4.90. The van der Waals surface area contributed by atoms with Crippen molar-refractivity contribution in [2.45, 2.75) is 0 Å². The topological polar surface area (TPSA) is 9.86 Å². The molecule has 0 saturated carbocycles. The molecule has 4 aromatic heterocycles. The average Bonchev–Trinajstić information content (AvgIpc) is 3.85. The van der Waals surface area contributed by atoms with Crippen molar-refractivity contribution in [3.05, 3.63) is 146 Å². The highest BCUT2D eigenvalue weighted by Crippen LogP contribution is 2.46. The monoisotopic (exact) mass is 620 g/mol. The van der Waals surface area contributed by atoms with Crippen molar-refractivity contribution in [2.24, 2.45) is 0 Å². The normalized spacial score (nSPS) is 12.3. The standard InChI is InChI=1S/C42H24N2S2/c1-5-15-33-26(10-1)27-11-2-6-16-34(27)43(33)25-20-21-32-37(24-25)44(36-17-9-14-30-28-12-3-7-18-38(28)45-41(30)36)35-23-22-31-29-13-4-8-19-39(29)46-42(31)40(32)35/h1-24H. The zero-order valence-corrected chi connectivity index (χ0v) is 26.2. The first-order valence-electron chi connectivity index (χ1n) is 15.6. The largest absolute Gasteiger partial charge is 0.309 e. The SMILES string of the molecule is c1ccc2c(c1)sc1c(-n3c4cc(-n5c6ccccc6c6ccccc65)ccc4c4c5sc6ccccc6c5ccc43)cccc12. The fourth-order valence-electron chi connectivity index (χ4n) is 7.78. The summed E-state index contributed by atoms with van der Waals surface area (Å²) >= 11 is 3.81. The van der Waals surface area contributed by atoms with Crippen LogP contribution in [-0.4, -0.2) is 9.13 Å². The van der Waals surface area contributed by atoms with Gasteiger partial charge >= 0.3 is 0 Å². The van der Waals surface area contributed by atoms with E-state index in [9.17, 15) is 0 Å². The number of hydrogen-bond acceptors (Lipinski definition) is 2. The second-order valence-corrected chi connectivity index (χ2v) is 14.2. The molecule has 0 unspecified atom stereocenters. The highest BCUT2D eigenvalue weighted by atomic mass is 32.1. The summed E-state index contributed by atoms with van der Waals surface area (Å²) in [5, 5.41) is 10.5. The van der Waals surface area contributed by atoms with Gasteiger partial charge in [-0.1, -0.05) is 97.1 Å². The number of rotatable bonds is 2. The fourth-order valence-corrected chi connectivity index (χ4v) is 10.2. The molecule has 0 fully saturated rings. The van der Waals surface area contributed by atoms with Crippen molar-refractivity contribution in [3.63, 3.8) is 0 Å². The molecule has 0 N–H and O–H groups in total. The molecule has 11 aromatic rings. The number of aromatic nitrogens is 2. The summed E-state index contributed by atoms with van der Waals surface area (Å²) in [5.41, 5.74) is 7.33. The van der Waals surface area contributed by atoms with E-state index in [-0.39, 0.29) is 0 Å². The Morgan fingerprint density at radius 2 is 0.913 bits per heavy atom. The molecule has 4 heterocycles.